The molecule has 0 saturated carbocycles. The van der Waals surface area contributed by atoms with Gasteiger partial charge >= 0.3 is 6.03 Å². The van der Waals surface area contributed by atoms with E-state index in [0.29, 0.717) is 11.6 Å². The third-order valence-electron chi connectivity index (χ3n) is 3.52. The number of carbonyl (C=O) groups excluding carboxylic acids is 1. The van der Waals surface area contributed by atoms with Crippen LogP contribution >= 0.6 is 11.6 Å². The van der Waals surface area contributed by atoms with Crippen molar-refractivity contribution in [3.63, 3.8) is 0 Å². The number of urea groups is 1. The summed E-state index contributed by atoms with van der Waals surface area (Å²) >= 11 is 5.86. The molecule has 1 aromatic rings. The lowest BCUT2D eigenvalue weighted by Gasteiger charge is -2.31. The number of carbonyl (C=O) groups is 1. The Balaban J connectivity index is 1.70. The lowest BCUT2D eigenvalue weighted by atomic mass is 10.3. The quantitative estimate of drug-likeness (QED) is 0.894. The minimum atomic E-state index is -0.0567. The van der Waals surface area contributed by atoms with Crippen LogP contribution < -0.4 is 10.2 Å². The molecule has 0 aromatic heterocycles. The molecule has 2 aliphatic rings. The molecule has 2 heterocycles. The highest BCUT2D eigenvalue weighted by Gasteiger charge is 2.34. The van der Waals surface area contributed by atoms with Gasteiger partial charge in [-0.3, -0.25) is 9.80 Å². The fraction of sp³-hybridized carbons (Fsp3) is 0.462. The summed E-state index contributed by atoms with van der Waals surface area (Å²) in [4.78, 5) is 16.0. The van der Waals surface area contributed by atoms with Gasteiger partial charge in [-0.05, 0) is 24.3 Å². The Morgan fingerprint density at radius 2 is 1.89 bits per heavy atom. The van der Waals surface area contributed by atoms with E-state index >= 15 is 0 Å². The predicted octanol–water partition coefficient (Wildman–Crippen LogP) is 1.53. The van der Waals surface area contributed by atoms with Crippen LogP contribution in [0.25, 0.3) is 0 Å². The average Bonchev–Trinajstić information content (AvgIpc) is 2.83. The first-order valence-electron chi connectivity index (χ1n) is 6.39. The number of rotatable bonds is 2. The van der Waals surface area contributed by atoms with E-state index in [2.05, 4.69) is 10.2 Å². The van der Waals surface area contributed by atoms with Crippen LogP contribution in [0, 0.1) is 0 Å². The second-order valence-corrected chi connectivity index (χ2v) is 5.14. The van der Waals surface area contributed by atoms with Crippen LogP contribution in [0.2, 0.25) is 5.02 Å². The van der Waals surface area contributed by atoms with Gasteiger partial charge in [-0.25, -0.2) is 4.79 Å². The van der Waals surface area contributed by atoms with Gasteiger partial charge in [0.25, 0.3) is 0 Å². The van der Waals surface area contributed by atoms with E-state index in [1.54, 1.807) is 17.0 Å². The molecule has 0 spiro atoms. The minimum absolute atomic E-state index is 0.0567. The summed E-state index contributed by atoms with van der Waals surface area (Å²) in [6, 6.07) is 7.27. The van der Waals surface area contributed by atoms with E-state index in [1.165, 1.54) is 0 Å². The number of amides is 2. The Kier molecular flexibility index (Phi) is 3.59. The van der Waals surface area contributed by atoms with Crippen LogP contribution in [0.3, 0.4) is 0 Å². The Bertz CT molecular complexity index is 459. The summed E-state index contributed by atoms with van der Waals surface area (Å²) in [7, 11) is 0. The van der Waals surface area contributed by atoms with Crippen molar-refractivity contribution in [2.45, 2.75) is 6.17 Å². The van der Waals surface area contributed by atoms with E-state index in [9.17, 15) is 4.79 Å². The number of hydrogen-bond donors (Lipinski definition) is 1. The minimum Gasteiger partial charge on any atom is -0.379 e. The van der Waals surface area contributed by atoms with Gasteiger partial charge in [-0.2, -0.15) is 0 Å². The number of benzene rings is 1. The van der Waals surface area contributed by atoms with Crippen molar-refractivity contribution in [1.82, 2.24) is 10.2 Å². The van der Waals surface area contributed by atoms with Gasteiger partial charge in [-0.15, -0.1) is 0 Å². The first-order chi connectivity index (χ1) is 9.24. The second kappa shape index (κ2) is 5.36. The van der Waals surface area contributed by atoms with Gasteiger partial charge in [0.05, 0.1) is 19.8 Å². The monoisotopic (exact) mass is 281 g/mol. The molecule has 102 valence electrons. The molecule has 0 bridgehead atoms. The van der Waals surface area contributed by atoms with E-state index < -0.39 is 0 Å². The van der Waals surface area contributed by atoms with Gasteiger partial charge in [0, 0.05) is 23.8 Å². The molecule has 0 radical (unpaired) electrons. The molecular weight excluding hydrogens is 266 g/mol. The van der Waals surface area contributed by atoms with Crippen molar-refractivity contribution in [2.24, 2.45) is 0 Å². The van der Waals surface area contributed by atoms with Gasteiger partial charge < -0.3 is 10.1 Å². The Morgan fingerprint density at radius 1 is 1.21 bits per heavy atom. The summed E-state index contributed by atoms with van der Waals surface area (Å²) < 4.78 is 5.33. The molecule has 5 nitrogen and oxygen atoms in total. The number of ether oxygens (including phenoxy) is 1. The predicted molar refractivity (Wildman–Crippen MR) is 73.5 cm³/mol. The standard InChI is InChI=1S/C13H16ClN3O2/c14-10-1-3-11(4-2-10)17-9-12(15-13(17)18)16-5-7-19-8-6-16/h1-4,12H,5-9H2,(H,15,18). The van der Waals surface area contributed by atoms with Crippen molar-refractivity contribution in [3.05, 3.63) is 29.3 Å². The van der Waals surface area contributed by atoms with Crippen LogP contribution in [-0.2, 0) is 4.74 Å². The molecule has 3 rings (SSSR count). The fourth-order valence-electron chi connectivity index (χ4n) is 2.46. The maximum atomic E-state index is 12.0. The molecule has 1 aromatic carbocycles. The average molecular weight is 282 g/mol. The van der Waals surface area contributed by atoms with E-state index in [0.717, 1.165) is 32.0 Å². The lowest BCUT2D eigenvalue weighted by molar-refractivity contribution is 0.0172. The largest absolute Gasteiger partial charge is 0.379 e. The van der Waals surface area contributed by atoms with E-state index in [1.807, 2.05) is 12.1 Å². The maximum absolute atomic E-state index is 12.0. The molecule has 0 aliphatic carbocycles. The van der Waals surface area contributed by atoms with Gasteiger partial charge in [0.15, 0.2) is 0 Å². The third-order valence-corrected chi connectivity index (χ3v) is 3.77. The molecule has 1 N–H and O–H groups in total. The molecule has 2 amide bonds. The highest BCUT2D eigenvalue weighted by atomic mass is 35.5. The van der Waals surface area contributed by atoms with Crippen molar-refractivity contribution < 1.29 is 9.53 Å². The van der Waals surface area contributed by atoms with E-state index in [-0.39, 0.29) is 12.2 Å². The molecule has 19 heavy (non-hydrogen) atoms. The van der Waals surface area contributed by atoms with Crippen molar-refractivity contribution in [1.29, 1.82) is 0 Å². The molecule has 2 fully saturated rings. The topological polar surface area (TPSA) is 44.8 Å². The molecule has 2 aliphatic heterocycles. The van der Waals surface area contributed by atoms with Crippen LogP contribution in [0.15, 0.2) is 24.3 Å². The number of morpholine rings is 1. The molecule has 2 saturated heterocycles. The summed E-state index contributed by atoms with van der Waals surface area (Å²) in [6.45, 7) is 3.83. The molecule has 1 atom stereocenters. The Hall–Kier alpha value is -1.30. The number of hydrogen-bond acceptors (Lipinski definition) is 3. The van der Waals surface area contributed by atoms with Crippen LogP contribution in [0.4, 0.5) is 10.5 Å². The van der Waals surface area contributed by atoms with E-state index in [4.69, 9.17) is 16.3 Å². The molecule has 6 heteroatoms. The highest BCUT2D eigenvalue weighted by molar-refractivity contribution is 6.30. The highest BCUT2D eigenvalue weighted by Crippen LogP contribution is 2.22. The Morgan fingerprint density at radius 3 is 2.58 bits per heavy atom. The third kappa shape index (κ3) is 2.68. The van der Waals surface area contributed by atoms with Crippen molar-refractivity contribution in [2.75, 3.05) is 37.7 Å². The summed E-state index contributed by atoms with van der Waals surface area (Å²) in [6.07, 6.45) is 0.0621. The van der Waals surface area contributed by atoms with Gasteiger partial charge in [0.2, 0.25) is 0 Å². The second-order valence-electron chi connectivity index (χ2n) is 4.70. The number of nitrogens with one attached hydrogen (secondary N) is 1. The fourth-order valence-corrected chi connectivity index (χ4v) is 2.59. The number of anilines is 1. The van der Waals surface area contributed by atoms with Crippen molar-refractivity contribution in [3.8, 4) is 0 Å². The van der Waals surface area contributed by atoms with Gasteiger partial charge in [-0.1, -0.05) is 11.6 Å². The van der Waals surface area contributed by atoms with Crippen LogP contribution in [0.1, 0.15) is 0 Å². The maximum Gasteiger partial charge on any atom is 0.323 e. The van der Waals surface area contributed by atoms with Gasteiger partial charge in [0.1, 0.15) is 6.17 Å². The molecule has 1 unspecified atom stereocenters. The smallest absolute Gasteiger partial charge is 0.323 e. The van der Waals surface area contributed by atoms with Crippen molar-refractivity contribution >= 4 is 23.3 Å². The van der Waals surface area contributed by atoms with Crippen LogP contribution in [0.5, 0.6) is 0 Å². The Labute approximate surface area is 117 Å². The van der Waals surface area contributed by atoms with Crippen LogP contribution in [-0.4, -0.2) is 49.9 Å². The summed E-state index contributed by atoms with van der Waals surface area (Å²) in [5.74, 6) is 0. The number of nitrogens with zero attached hydrogens (tertiary/aromatic N) is 2. The lowest BCUT2D eigenvalue weighted by Crippen LogP contribution is -2.49. The number of halogens is 1. The zero-order chi connectivity index (χ0) is 13.2. The zero-order valence-electron chi connectivity index (χ0n) is 10.5. The molecular formula is C13H16ClN3O2. The normalized spacial score (nSPS) is 24.6. The first-order valence-corrected chi connectivity index (χ1v) is 6.77. The summed E-state index contributed by atoms with van der Waals surface area (Å²) in [5, 5.41) is 3.69. The SMILES string of the molecule is O=C1NC(N2CCOCC2)CN1c1ccc(Cl)cc1. The summed E-state index contributed by atoms with van der Waals surface area (Å²) in [5.41, 5.74) is 0.873. The zero-order valence-corrected chi connectivity index (χ0v) is 11.3. The first kappa shape index (κ1) is 12.7.